The smallest absolute Gasteiger partial charge is 0.280 e. The van der Waals surface area contributed by atoms with Crippen LogP contribution in [0.15, 0.2) is 53.1 Å². The van der Waals surface area contributed by atoms with Gasteiger partial charge in [-0.3, -0.25) is 4.79 Å². The first-order chi connectivity index (χ1) is 12.0. The zero-order chi connectivity index (χ0) is 18.0. The summed E-state index contributed by atoms with van der Waals surface area (Å²) in [5.74, 6) is 1.16. The number of anilines is 1. The van der Waals surface area contributed by atoms with Crippen LogP contribution in [0.5, 0.6) is 11.5 Å². The van der Waals surface area contributed by atoms with E-state index in [0.29, 0.717) is 22.8 Å². The van der Waals surface area contributed by atoms with Crippen LogP contribution in [0.3, 0.4) is 0 Å². The van der Waals surface area contributed by atoms with Crippen LogP contribution in [0.2, 0.25) is 0 Å². The van der Waals surface area contributed by atoms with Crippen LogP contribution in [0.1, 0.15) is 12.5 Å². The molecule has 1 aliphatic rings. The molecule has 0 saturated heterocycles. The number of carbonyl (C=O) groups excluding carboxylic acids is 1. The number of benzene rings is 2. The normalized spacial score (nSPS) is 15.5. The fourth-order valence-corrected chi connectivity index (χ4v) is 3.46. The van der Waals surface area contributed by atoms with Crippen molar-refractivity contribution < 1.29 is 14.3 Å². The van der Waals surface area contributed by atoms with Crippen molar-refractivity contribution in [3.63, 3.8) is 0 Å². The third-order valence-corrected chi connectivity index (χ3v) is 4.63. The molecule has 1 aliphatic heterocycles. The topological polar surface area (TPSA) is 51.1 Å². The Bertz CT molecular complexity index is 876. The molecule has 0 radical (unpaired) electrons. The van der Waals surface area contributed by atoms with E-state index in [4.69, 9.17) is 9.47 Å². The largest absolute Gasteiger partial charge is 0.493 e. The maximum absolute atomic E-state index is 12.8. The van der Waals surface area contributed by atoms with Gasteiger partial charge in [0.05, 0.1) is 34.8 Å². The third kappa shape index (κ3) is 3.39. The van der Waals surface area contributed by atoms with Gasteiger partial charge in [0.15, 0.2) is 11.5 Å². The molecule has 0 fully saturated rings. The van der Waals surface area contributed by atoms with E-state index in [2.05, 4.69) is 27.7 Å². The highest BCUT2D eigenvalue weighted by Crippen LogP contribution is 2.34. The Morgan fingerprint density at radius 2 is 1.84 bits per heavy atom. The number of halogens is 1. The van der Waals surface area contributed by atoms with E-state index in [-0.39, 0.29) is 5.91 Å². The molecule has 0 atom stereocenters. The predicted octanol–water partition coefficient (Wildman–Crippen LogP) is 4.11. The number of hydrogen-bond donors (Lipinski definition) is 0. The predicted molar refractivity (Wildman–Crippen MR) is 107 cm³/mol. The summed E-state index contributed by atoms with van der Waals surface area (Å²) in [6.07, 6.45) is 1.83. The van der Waals surface area contributed by atoms with Crippen molar-refractivity contribution in [2.45, 2.75) is 6.92 Å². The lowest BCUT2D eigenvalue weighted by atomic mass is 10.1. The summed E-state index contributed by atoms with van der Waals surface area (Å²) in [6.45, 7) is 1.83. The van der Waals surface area contributed by atoms with Gasteiger partial charge >= 0.3 is 0 Å². The molecular weight excluding hydrogens is 431 g/mol. The molecule has 0 unspecified atom stereocenters. The van der Waals surface area contributed by atoms with Crippen LogP contribution in [0.4, 0.5) is 5.69 Å². The number of para-hydroxylation sites is 1. The third-order valence-electron chi connectivity index (χ3n) is 3.83. The molecule has 1 amide bonds. The molecule has 0 aliphatic carbocycles. The van der Waals surface area contributed by atoms with Gasteiger partial charge < -0.3 is 9.47 Å². The molecule has 0 saturated carbocycles. The number of nitrogens with zero attached hydrogens (tertiary/aromatic N) is 2. The second kappa shape index (κ2) is 7.26. The van der Waals surface area contributed by atoms with E-state index in [1.807, 2.05) is 55.5 Å². The van der Waals surface area contributed by atoms with Crippen molar-refractivity contribution >= 4 is 46.0 Å². The van der Waals surface area contributed by atoms with E-state index in [1.165, 1.54) is 5.01 Å². The molecule has 25 heavy (non-hydrogen) atoms. The lowest BCUT2D eigenvalue weighted by molar-refractivity contribution is -0.114. The van der Waals surface area contributed by atoms with E-state index in [9.17, 15) is 4.79 Å². The summed E-state index contributed by atoms with van der Waals surface area (Å²) in [7, 11) is 3.20. The van der Waals surface area contributed by atoms with Gasteiger partial charge in [-0.1, -0.05) is 18.2 Å². The van der Waals surface area contributed by atoms with Crippen LogP contribution in [-0.4, -0.2) is 25.8 Å². The molecule has 128 valence electrons. The Balaban J connectivity index is 1.99. The fraction of sp³-hybridized carbons (Fsp3) is 0.158. The lowest BCUT2D eigenvalue weighted by Crippen LogP contribution is -2.21. The number of carbonyl (C=O) groups is 1. The van der Waals surface area contributed by atoms with Crippen molar-refractivity contribution in [3.8, 4) is 11.5 Å². The standard InChI is InChI=1S/C19H17IN2O3/c1-12-15(19(23)22(21-12)14-7-5-4-6-8-14)9-13-10-16(20)18(25-3)17(11-13)24-2/h4-11H,1-3H3/b15-9+. The van der Waals surface area contributed by atoms with Gasteiger partial charge in [-0.2, -0.15) is 10.1 Å². The van der Waals surface area contributed by atoms with Gasteiger partial charge in [0.2, 0.25) is 0 Å². The van der Waals surface area contributed by atoms with Crippen LogP contribution < -0.4 is 14.5 Å². The molecule has 0 aromatic heterocycles. The quantitative estimate of drug-likeness (QED) is 0.523. The minimum Gasteiger partial charge on any atom is -0.493 e. The maximum atomic E-state index is 12.8. The Labute approximate surface area is 160 Å². The van der Waals surface area contributed by atoms with E-state index in [1.54, 1.807) is 14.2 Å². The van der Waals surface area contributed by atoms with Gasteiger partial charge in [-0.05, 0) is 65.4 Å². The summed E-state index contributed by atoms with van der Waals surface area (Å²) < 4.78 is 11.6. The number of rotatable bonds is 4. The van der Waals surface area contributed by atoms with Crippen LogP contribution in [0.25, 0.3) is 6.08 Å². The number of ether oxygens (including phenoxy) is 2. The maximum Gasteiger partial charge on any atom is 0.280 e. The minimum absolute atomic E-state index is 0.145. The zero-order valence-electron chi connectivity index (χ0n) is 14.1. The summed E-state index contributed by atoms with van der Waals surface area (Å²) in [6, 6.07) is 13.2. The zero-order valence-corrected chi connectivity index (χ0v) is 16.3. The molecule has 0 spiro atoms. The summed E-state index contributed by atoms with van der Waals surface area (Å²) in [5, 5.41) is 5.81. The van der Waals surface area contributed by atoms with Crippen LogP contribution in [0, 0.1) is 3.57 Å². The second-order valence-corrected chi connectivity index (χ2v) is 6.60. The van der Waals surface area contributed by atoms with E-state index >= 15 is 0 Å². The lowest BCUT2D eigenvalue weighted by Gasteiger charge is -2.12. The molecule has 6 heteroatoms. The van der Waals surface area contributed by atoms with Crippen LogP contribution in [-0.2, 0) is 4.79 Å². The van der Waals surface area contributed by atoms with E-state index < -0.39 is 0 Å². The molecular formula is C19H17IN2O3. The number of hydrogen-bond acceptors (Lipinski definition) is 4. The van der Waals surface area contributed by atoms with Gasteiger partial charge in [-0.15, -0.1) is 0 Å². The Kier molecular flexibility index (Phi) is 5.08. The number of amides is 1. The Morgan fingerprint density at radius 1 is 1.12 bits per heavy atom. The first-order valence-corrected chi connectivity index (χ1v) is 8.71. The van der Waals surface area contributed by atoms with Crippen molar-refractivity contribution in [2.24, 2.45) is 5.10 Å². The molecule has 5 nitrogen and oxygen atoms in total. The van der Waals surface area contributed by atoms with Crippen molar-refractivity contribution in [3.05, 3.63) is 57.2 Å². The monoisotopic (exact) mass is 448 g/mol. The Hall–Kier alpha value is -2.35. The molecule has 2 aromatic carbocycles. The highest BCUT2D eigenvalue weighted by molar-refractivity contribution is 14.1. The molecule has 0 bridgehead atoms. The molecule has 0 N–H and O–H groups in total. The summed E-state index contributed by atoms with van der Waals surface area (Å²) >= 11 is 2.19. The SMILES string of the molecule is COc1cc(/C=C2/C(=O)N(c3ccccc3)N=C2C)cc(I)c1OC. The van der Waals surface area contributed by atoms with Crippen molar-refractivity contribution in [1.29, 1.82) is 0 Å². The van der Waals surface area contributed by atoms with Crippen molar-refractivity contribution in [2.75, 3.05) is 19.2 Å². The van der Waals surface area contributed by atoms with Crippen LogP contribution >= 0.6 is 22.6 Å². The molecule has 2 aromatic rings. The van der Waals surface area contributed by atoms with Gasteiger partial charge in [-0.25, -0.2) is 0 Å². The number of hydrazone groups is 1. The highest BCUT2D eigenvalue weighted by Gasteiger charge is 2.28. The van der Waals surface area contributed by atoms with E-state index in [0.717, 1.165) is 14.8 Å². The van der Waals surface area contributed by atoms with Crippen molar-refractivity contribution in [1.82, 2.24) is 0 Å². The molecule has 1 heterocycles. The minimum atomic E-state index is -0.145. The average Bonchev–Trinajstić information content (AvgIpc) is 2.90. The summed E-state index contributed by atoms with van der Waals surface area (Å²) in [4.78, 5) is 12.8. The number of methoxy groups -OCH3 is 2. The van der Waals surface area contributed by atoms with Gasteiger partial charge in [0.1, 0.15) is 0 Å². The fourth-order valence-electron chi connectivity index (χ4n) is 2.62. The molecule has 3 rings (SSSR count). The average molecular weight is 448 g/mol. The Morgan fingerprint density at radius 3 is 2.48 bits per heavy atom. The first kappa shape index (κ1) is 17.5. The summed E-state index contributed by atoms with van der Waals surface area (Å²) in [5.41, 5.74) is 2.84. The highest BCUT2D eigenvalue weighted by atomic mass is 127. The van der Waals surface area contributed by atoms with Gasteiger partial charge in [0.25, 0.3) is 5.91 Å². The first-order valence-electron chi connectivity index (χ1n) is 7.63. The second-order valence-electron chi connectivity index (χ2n) is 5.43. The van der Waals surface area contributed by atoms with Gasteiger partial charge in [0, 0.05) is 0 Å².